The highest BCUT2D eigenvalue weighted by Crippen LogP contribution is 2.22. The zero-order valence-electron chi connectivity index (χ0n) is 13.3. The zero-order chi connectivity index (χ0) is 16.4. The molecule has 120 valence electrons. The van der Waals surface area contributed by atoms with Gasteiger partial charge in [-0.25, -0.2) is 4.98 Å². The molecule has 0 radical (unpaired) electrons. The Bertz CT molecular complexity index is 711. The van der Waals surface area contributed by atoms with E-state index in [1.54, 1.807) is 6.20 Å². The number of carbonyl (C=O) groups is 1. The molecule has 5 heteroatoms. The van der Waals surface area contributed by atoms with Crippen LogP contribution in [0.1, 0.15) is 35.2 Å². The molecule has 3 rings (SSSR count). The Kier molecular flexibility index (Phi) is 4.30. The summed E-state index contributed by atoms with van der Waals surface area (Å²) in [6.45, 7) is 1.93. The average molecular weight is 310 g/mol. The predicted octanol–water partition coefficient (Wildman–Crippen LogP) is 2.25. The largest absolute Gasteiger partial charge is 0.383 e. The Labute approximate surface area is 136 Å². The molecule has 1 aliphatic rings. The van der Waals surface area contributed by atoms with Crippen molar-refractivity contribution >= 4 is 11.7 Å². The van der Waals surface area contributed by atoms with Crippen molar-refractivity contribution in [3.8, 4) is 11.1 Å². The van der Waals surface area contributed by atoms with E-state index in [4.69, 9.17) is 11.5 Å². The van der Waals surface area contributed by atoms with E-state index >= 15 is 0 Å². The molecule has 1 aromatic carbocycles. The second kappa shape index (κ2) is 6.38. The minimum atomic E-state index is -0.0396. The molecule has 2 atom stereocenters. The Morgan fingerprint density at radius 3 is 2.57 bits per heavy atom. The second-order valence-corrected chi connectivity index (χ2v) is 6.25. The first-order chi connectivity index (χ1) is 11.0. The van der Waals surface area contributed by atoms with Crippen molar-refractivity contribution in [3.05, 3.63) is 47.7 Å². The highest BCUT2D eigenvalue weighted by Gasteiger charge is 2.23. The number of nitrogens with two attached hydrogens (primary N) is 2. The summed E-state index contributed by atoms with van der Waals surface area (Å²) in [5, 5.41) is 3.05. The first-order valence-corrected chi connectivity index (χ1v) is 7.92. The van der Waals surface area contributed by atoms with Crippen LogP contribution >= 0.6 is 0 Å². The lowest BCUT2D eigenvalue weighted by Gasteiger charge is -2.12. The van der Waals surface area contributed by atoms with Gasteiger partial charge in [0.15, 0.2) is 0 Å². The fourth-order valence-electron chi connectivity index (χ4n) is 2.97. The second-order valence-electron chi connectivity index (χ2n) is 6.25. The molecular weight excluding hydrogens is 288 g/mol. The number of hydrogen-bond acceptors (Lipinski definition) is 4. The summed E-state index contributed by atoms with van der Waals surface area (Å²) >= 11 is 0. The van der Waals surface area contributed by atoms with Gasteiger partial charge in [0.2, 0.25) is 0 Å². The van der Waals surface area contributed by atoms with Crippen molar-refractivity contribution < 1.29 is 4.79 Å². The molecule has 0 unspecified atom stereocenters. The lowest BCUT2D eigenvalue weighted by molar-refractivity contribution is 0.0937. The third-order valence-electron chi connectivity index (χ3n) is 4.41. The maximum atomic E-state index is 12.3. The maximum absolute atomic E-state index is 12.3. The minimum absolute atomic E-state index is 0.0396. The first-order valence-electron chi connectivity index (χ1n) is 7.92. The van der Waals surface area contributed by atoms with Gasteiger partial charge in [-0.15, -0.1) is 0 Å². The number of amides is 1. The summed E-state index contributed by atoms with van der Waals surface area (Å²) in [7, 11) is 0. The van der Waals surface area contributed by atoms with Gasteiger partial charge in [-0.2, -0.15) is 0 Å². The highest BCUT2D eigenvalue weighted by atomic mass is 16.1. The number of rotatable bonds is 3. The van der Waals surface area contributed by atoms with Crippen LogP contribution in [0.5, 0.6) is 0 Å². The molecule has 0 saturated heterocycles. The van der Waals surface area contributed by atoms with Gasteiger partial charge in [0.1, 0.15) is 5.82 Å². The predicted molar refractivity (Wildman–Crippen MR) is 91.9 cm³/mol. The molecular formula is C18H22N4O. The van der Waals surface area contributed by atoms with Gasteiger partial charge in [0, 0.05) is 29.4 Å². The number of nitrogens with one attached hydrogen (secondary N) is 1. The van der Waals surface area contributed by atoms with Crippen LogP contribution in [0, 0.1) is 6.92 Å². The van der Waals surface area contributed by atoms with Gasteiger partial charge >= 0.3 is 0 Å². The van der Waals surface area contributed by atoms with Crippen molar-refractivity contribution in [3.63, 3.8) is 0 Å². The Hall–Kier alpha value is -2.40. The number of aryl methyl sites for hydroxylation is 1. The summed E-state index contributed by atoms with van der Waals surface area (Å²) in [6, 6.07) is 9.95. The maximum Gasteiger partial charge on any atom is 0.251 e. The van der Waals surface area contributed by atoms with Gasteiger partial charge in [-0.05, 0) is 55.5 Å². The van der Waals surface area contributed by atoms with Crippen LogP contribution in [0.4, 0.5) is 5.82 Å². The van der Waals surface area contributed by atoms with E-state index in [9.17, 15) is 4.79 Å². The first kappa shape index (κ1) is 15.5. The van der Waals surface area contributed by atoms with E-state index in [-0.39, 0.29) is 18.0 Å². The van der Waals surface area contributed by atoms with Crippen LogP contribution in [-0.4, -0.2) is 23.0 Å². The van der Waals surface area contributed by atoms with Gasteiger partial charge < -0.3 is 16.8 Å². The van der Waals surface area contributed by atoms with Crippen molar-refractivity contribution in [2.45, 2.75) is 38.3 Å². The van der Waals surface area contributed by atoms with E-state index in [1.165, 1.54) is 0 Å². The van der Waals surface area contributed by atoms with Gasteiger partial charge in [0.25, 0.3) is 5.91 Å². The molecule has 0 spiro atoms. The van der Waals surface area contributed by atoms with Gasteiger partial charge in [0.05, 0.1) is 0 Å². The van der Waals surface area contributed by atoms with E-state index in [2.05, 4.69) is 10.3 Å². The summed E-state index contributed by atoms with van der Waals surface area (Å²) in [5.74, 6) is 0.502. The van der Waals surface area contributed by atoms with Crippen molar-refractivity contribution in [1.82, 2.24) is 10.3 Å². The summed E-state index contributed by atoms with van der Waals surface area (Å²) in [6.07, 6.45) is 4.55. The summed E-state index contributed by atoms with van der Waals surface area (Å²) < 4.78 is 0. The Morgan fingerprint density at radius 2 is 1.96 bits per heavy atom. The molecule has 2 aromatic rings. The fourth-order valence-corrected chi connectivity index (χ4v) is 2.97. The number of anilines is 1. The smallest absolute Gasteiger partial charge is 0.251 e. The quantitative estimate of drug-likeness (QED) is 0.810. The third-order valence-corrected chi connectivity index (χ3v) is 4.41. The van der Waals surface area contributed by atoms with E-state index in [0.717, 1.165) is 36.0 Å². The van der Waals surface area contributed by atoms with Crippen LogP contribution in [0.25, 0.3) is 11.1 Å². The highest BCUT2D eigenvalue weighted by molar-refractivity contribution is 5.94. The third kappa shape index (κ3) is 3.51. The zero-order valence-corrected chi connectivity index (χ0v) is 13.3. The molecule has 0 bridgehead atoms. The lowest BCUT2D eigenvalue weighted by Crippen LogP contribution is -2.33. The molecule has 1 aliphatic carbocycles. The molecule has 1 aromatic heterocycles. The summed E-state index contributed by atoms with van der Waals surface area (Å²) in [5.41, 5.74) is 15.2. The van der Waals surface area contributed by atoms with E-state index < -0.39 is 0 Å². The monoisotopic (exact) mass is 310 g/mol. The van der Waals surface area contributed by atoms with E-state index in [0.29, 0.717) is 11.4 Å². The lowest BCUT2D eigenvalue weighted by atomic mass is 10.0. The Balaban J connectivity index is 1.71. The fraction of sp³-hybridized carbons (Fsp3) is 0.333. The normalized spacial score (nSPS) is 20.4. The van der Waals surface area contributed by atoms with E-state index in [1.807, 2.05) is 37.3 Å². The van der Waals surface area contributed by atoms with Crippen LogP contribution < -0.4 is 16.8 Å². The topological polar surface area (TPSA) is 94.0 Å². The molecule has 5 nitrogen and oxygen atoms in total. The molecule has 1 saturated carbocycles. The molecule has 1 amide bonds. The minimum Gasteiger partial charge on any atom is -0.383 e. The molecule has 1 fully saturated rings. The molecule has 0 aliphatic heterocycles. The van der Waals surface area contributed by atoms with Crippen LogP contribution in [0.15, 0.2) is 36.5 Å². The Morgan fingerprint density at radius 1 is 1.22 bits per heavy atom. The van der Waals surface area contributed by atoms with Crippen LogP contribution in [-0.2, 0) is 0 Å². The SMILES string of the molecule is Cc1cc(-c2ccc(C(=O)N[C@H]3CC[C@@H](N)C3)cc2)cnc1N. The number of pyridine rings is 1. The number of nitrogen functional groups attached to an aromatic ring is 1. The van der Waals surface area contributed by atoms with Gasteiger partial charge in [-0.3, -0.25) is 4.79 Å². The van der Waals surface area contributed by atoms with Gasteiger partial charge in [-0.1, -0.05) is 12.1 Å². The molecule has 1 heterocycles. The number of hydrogen-bond donors (Lipinski definition) is 3. The standard InChI is InChI=1S/C18H22N4O/c1-11-8-14(10-21-17(11)20)12-2-4-13(5-3-12)18(23)22-16-7-6-15(19)9-16/h2-5,8,10,15-16H,6-7,9,19H2,1H3,(H2,20,21)(H,22,23)/t15-,16+/m1/s1. The van der Waals surface area contributed by atoms with Crippen molar-refractivity contribution in [2.75, 3.05) is 5.73 Å². The average Bonchev–Trinajstić information content (AvgIpc) is 2.95. The molecule has 23 heavy (non-hydrogen) atoms. The summed E-state index contributed by atoms with van der Waals surface area (Å²) in [4.78, 5) is 16.4. The van der Waals surface area contributed by atoms with Crippen molar-refractivity contribution in [1.29, 1.82) is 0 Å². The molecule has 5 N–H and O–H groups in total. The van der Waals surface area contributed by atoms with Crippen LogP contribution in [0.3, 0.4) is 0 Å². The number of carbonyl (C=O) groups excluding carboxylic acids is 1. The van der Waals surface area contributed by atoms with Crippen molar-refractivity contribution in [2.24, 2.45) is 5.73 Å². The number of benzene rings is 1. The number of nitrogens with zero attached hydrogens (tertiary/aromatic N) is 1. The number of aromatic nitrogens is 1. The van der Waals surface area contributed by atoms with Crippen LogP contribution in [0.2, 0.25) is 0 Å².